The third-order valence-electron chi connectivity index (χ3n) is 4.67. The predicted molar refractivity (Wildman–Crippen MR) is 120 cm³/mol. The van der Waals surface area contributed by atoms with Crippen molar-refractivity contribution in [3.8, 4) is 0 Å². The van der Waals surface area contributed by atoms with Gasteiger partial charge in [0.05, 0.1) is 0 Å². The number of hydrogen-bond donors (Lipinski definition) is 0. The zero-order valence-electron chi connectivity index (χ0n) is 14.0. The molecule has 0 aliphatic carbocycles. The van der Waals surface area contributed by atoms with Crippen molar-refractivity contribution in [2.75, 3.05) is 21.7 Å². The molecule has 0 saturated carbocycles. The minimum atomic E-state index is -0.315. The molecule has 4 nitrogen and oxygen atoms in total. The van der Waals surface area contributed by atoms with Gasteiger partial charge in [0.2, 0.25) is 0 Å². The molecule has 1 saturated heterocycles. The Morgan fingerprint density at radius 1 is 0.704 bits per heavy atom. The molecule has 0 aromatic heterocycles. The molecule has 27 heavy (non-hydrogen) atoms. The van der Waals surface area contributed by atoms with Crippen LogP contribution >= 0.6 is 34.1 Å². The zero-order valence-corrected chi connectivity index (χ0v) is 19.8. The second kappa shape index (κ2) is 6.92. The van der Waals surface area contributed by atoms with E-state index in [2.05, 4.69) is 73.8 Å². The predicted octanol–water partition coefficient (Wildman–Crippen LogP) is 3.04. The molecule has 0 spiro atoms. The van der Waals surface area contributed by atoms with Crippen LogP contribution in [0.25, 0.3) is 0 Å². The fraction of sp³-hybridized carbons (Fsp3) is 0.167. The number of nitrogens with zero attached hydrogens (tertiary/aromatic N) is 4. The third kappa shape index (κ3) is 2.84. The summed E-state index contributed by atoms with van der Waals surface area (Å²) >= 11 is 18.9. The van der Waals surface area contributed by atoms with Crippen molar-refractivity contribution in [1.29, 1.82) is 0 Å². The molecule has 0 radical (unpaired) electrons. The first-order valence-electron chi connectivity index (χ1n) is 8.42. The van der Waals surface area contributed by atoms with Crippen LogP contribution in [0, 0.1) is 0 Å². The molecule has 0 unspecified atom stereocenters. The van der Waals surface area contributed by atoms with E-state index in [-0.39, 0.29) is 10.9 Å². The Labute approximate surface area is 186 Å². The first-order valence-corrected chi connectivity index (χ1v) is 12.0. The second-order valence-corrected chi connectivity index (χ2v) is 10.3. The summed E-state index contributed by atoms with van der Waals surface area (Å²) in [5.74, 6) is 0. The van der Waals surface area contributed by atoms with Gasteiger partial charge >= 0.3 is 188 Å². The molecule has 2 aromatic carbocycles. The van der Waals surface area contributed by atoms with Crippen molar-refractivity contribution in [2.24, 2.45) is 0 Å². The molecule has 0 bridgehead atoms. The van der Waals surface area contributed by atoms with E-state index in [0.717, 1.165) is 50.3 Å². The Kier molecular flexibility index (Phi) is 4.68. The first kappa shape index (κ1) is 18.3. The van der Waals surface area contributed by atoms with E-state index in [0.29, 0.717) is 0 Å². The minimum absolute atomic E-state index is 0.315. The molecule has 1 fully saturated rings. The van der Waals surface area contributed by atoms with Gasteiger partial charge in [-0.05, 0) is 0 Å². The Morgan fingerprint density at radius 2 is 1.11 bits per heavy atom. The SMILES string of the molecule is Clc1ccc(N2C(=[Se])N3CCCN4C(=[Se])N(c5ccc(Cl)cc5)S2=C34)cc1. The molecular weight excluding hydrogens is 533 g/mol. The molecule has 0 atom stereocenters. The Bertz CT molecular complexity index is 916. The summed E-state index contributed by atoms with van der Waals surface area (Å²) in [6.45, 7) is 2.03. The van der Waals surface area contributed by atoms with E-state index >= 15 is 0 Å². The summed E-state index contributed by atoms with van der Waals surface area (Å²) in [5, 5.41) is 2.80. The molecule has 9 heteroatoms. The van der Waals surface area contributed by atoms with Crippen molar-refractivity contribution >= 4 is 91.0 Å². The number of rotatable bonds is 2. The normalized spacial score (nSPS) is 19.4. The van der Waals surface area contributed by atoms with Crippen LogP contribution in [0.3, 0.4) is 0 Å². The Morgan fingerprint density at radius 3 is 1.52 bits per heavy atom. The molecular formula is C18H14Cl2N4SSe2. The van der Waals surface area contributed by atoms with Crippen molar-refractivity contribution in [1.82, 2.24) is 9.80 Å². The van der Waals surface area contributed by atoms with E-state index in [1.54, 1.807) is 0 Å². The quantitative estimate of drug-likeness (QED) is 0.424. The van der Waals surface area contributed by atoms with Gasteiger partial charge in [-0.1, -0.05) is 0 Å². The van der Waals surface area contributed by atoms with Crippen LogP contribution in [0.4, 0.5) is 11.4 Å². The van der Waals surface area contributed by atoms with Crippen LogP contribution in [0.5, 0.6) is 0 Å². The van der Waals surface area contributed by atoms with Gasteiger partial charge in [0.25, 0.3) is 0 Å². The van der Waals surface area contributed by atoms with Gasteiger partial charge in [-0.25, -0.2) is 0 Å². The molecule has 3 aliphatic rings. The van der Waals surface area contributed by atoms with E-state index in [4.69, 9.17) is 23.2 Å². The standard InChI is InChI=1S/C18H14Cl2N4SSe2/c19-12-2-6-14(7-3-12)23-17(26)21-10-1-11-22-16(21)25(23)24(18(22)27)15-8-4-13(20)5-9-15/h2-9H,1,10-11H2. The molecule has 3 aliphatic heterocycles. The molecule has 3 heterocycles. The maximum absolute atomic E-state index is 6.13. The van der Waals surface area contributed by atoms with Crippen LogP contribution < -0.4 is 8.61 Å². The van der Waals surface area contributed by atoms with Gasteiger partial charge in [0, 0.05) is 0 Å². The maximum atomic E-state index is 6.13. The van der Waals surface area contributed by atoms with E-state index < -0.39 is 0 Å². The summed E-state index contributed by atoms with van der Waals surface area (Å²) < 4.78 is 6.99. The average molecular weight is 547 g/mol. The fourth-order valence-electron chi connectivity index (χ4n) is 3.46. The zero-order chi connectivity index (χ0) is 18.7. The number of anilines is 2. The van der Waals surface area contributed by atoms with E-state index in [9.17, 15) is 0 Å². The van der Waals surface area contributed by atoms with Crippen molar-refractivity contribution in [2.45, 2.75) is 6.42 Å². The van der Waals surface area contributed by atoms with Crippen LogP contribution in [0.1, 0.15) is 6.42 Å². The average Bonchev–Trinajstić information content (AvgIpc) is 3.13. The summed E-state index contributed by atoms with van der Waals surface area (Å²) in [4.78, 5) is 4.79. The molecule has 0 N–H and O–H groups in total. The first-order chi connectivity index (χ1) is 13.1. The second-order valence-electron chi connectivity index (χ2n) is 6.31. The number of benzene rings is 2. The number of halogens is 2. The molecule has 0 amide bonds. The Balaban J connectivity index is 1.68. The van der Waals surface area contributed by atoms with Crippen LogP contribution in [0.2, 0.25) is 10.0 Å². The van der Waals surface area contributed by atoms with Gasteiger partial charge in [-0.15, -0.1) is 0 Å². The van der Waals surface area contributed by atoms with Crippen molar-refractivity contribution < 1.29 is 0 Å². The van der Waals surface area contributed by atoms with Gasteiger partial charge in [-0.3, -0.25) is 0 Å². The summed E-state index contributed by atoms with van der Waals surface area (Å²) in [6.07, 6.45) is 1.11. The van der Waals surface area contributed by atoms with Gasteiger partial charge in [0.1, 0.15) is 0 Å². The summed E-state index contributed by atoms with van der Waals surface area (Å²) in [5.41, 5.74) is 2.24. The van der Waals surface area contributed by atoms with Crippen molar-refractivity contribution in [3.63, 3.8) is 0 Å². The molecule has 2 aromatic rings. The number of hydrogen-bond acceptors (Lipinski definition) is 4. The Hall–Kier alpha value is -0.781. The van der Waals surface area contributed by atoms with Gasteiger partial charge in [0.15, 0.2) is 0 Å². The summed E-state index contributed by atoms with van der Waals surface area (Å²) in [7, 11) is -0.315. The van der Waals surface area contributed by atoms with Gasteiger partial charge < -0.3 is 0 Å². The molecule has 138 valence electrons. The molecule has 5 rings (SSSR count). The van der Waals surface area contributed by atoms with Crippen LogP contribution in [0.15, 0.2) is 48.5 Å². The fourth-order valence-corrected chi connectivity index (χ4v) is 8.43. The summed E-state index contributed by atoms with van der Waals surface area (Å²) in [6, 6.07) is 16.1. The van der Waals surface area contributed by atoms with E-state index in [1.165, 1.54) is 5.11 Å². The van der Waals surface area contributed by atoms with Crippen LogP contribution in [-0.4, -0.2) is 68.5 Å². The topological polar surface area (TPSA) is 13.0 Å². The van der Waals surface area contributed by atoms with Crippen molar-refractivity contribution in [3.05, 3.63) is 58.6 Å². The van der Waals surface area contributed by atoms with Crippen LogP contribution in [-0.2, 0) is 0 Å². The monoisotopic (exact) mass is 548 g/mol. The third-order valence-corrected chi connectivity index (χ3v) is 9.61. The van der Waals surface area contributed by atoms with Gasteiger partial charge in [-0.2, -0.15) is 0 Å². The van der Waals surface area contributed by atoms with E-state index in [1.807, 2.05) is 24.3 Å².